The minimum absolute atomic E-state index is 0.0824. The highest BCUT2D eigenvalue weighted by Gasteiger charge is 2.44. The summed E-state index contributed by atoms with van der Waals surface area (Å²) in [7, 11) is 1.50. The number of carbonyl (C=O) groups excluding carboxylic acids is 3. The Kier molecular flexibility index (Phi) is 16.1. The molecular weight excluding hydrogens is 509 g/mol. The first-order valence-corrected chi connectivity index (χ1v) is 11.9. The lowest BCUT2D eigenvalue weighted by atomic mass is 10.1. The van der Waals surface area contributed by atoms with Gasteiger partial charge < -0.3 is 41.2 Å². The normalized spacial score (nSPS) is 20.3. The molecule has 218 valence electrons. The molecule has 0 radical (unpaired) electrons. The molecule has 2 amide bonds. The summed E-state index contributed by atoms with van der Waals surface area (Å²) >= 11 is 0. The van der Waals surface area contributed by atoms with E-state index in [9.17, 15) is 33.8 Å². The number of nitrogens with one attached hydrogen (secondary N) is 2. The summed E-state index contributed by atoms with van der Waals surface area (Å²) in [6.45, 7) is 7.24. The van der Waals surface area contributed by atoms with Crippen molar-refractivity contribution in [3.05, 3.63) is 22.5 Å². The minimum atomic E-state index is -1.57. The number of aliphatic hydroxyl groups is 3. The van der Waals surface area contributed by atoms with E-state index in [1.165, 1.54) is 14.0 Å². The number of aliphatic hydroxyl groups excluding tert-OH is 3. The summed E-state index contributed by atoms with van der Waals surface area (Å²) in [5, 5.41) is 33.6. The molecule has 1 saturated heterocycles. The Balaban J connectivity index is 0.00000132. The van der Waals surface area contributed by atoms with Crippen LogP contribution in [0.1, 0.15) is 59.6 Å². The number of nitrogens with two attached hydrogens (primary N) is 1. The number of halogens is 1. The van der Waals surface area contributed by atoms with E-state index in [-0.39, 0.29) is 17.9 Å². The van der Waals surface area contributed by atoms with Gasteiger partial charge in [0.05, 0.1) is 12.8 Å². The Labute approximate surface area is 220 Å². The lowest BCUT2D eigenvalue weighted by Gasteiger charge is -2.17. The van der Waals surface area contributed by atoms with Crippen LogP contribution < -0.4 is 22.1 Å². The number of carbonyl (C=O) groups is 3. The van der Waals surface area contributed by atoms with E-state index >= 15 is 0 Å². The van der Waals surface area contributed by atoms with Crippen molar-refractivity contribution in [3.63, 3.8) is 0 Å². The van der Waals surface area contributed by atoms with Crippen LogP contribution in [-0.4, -0.2) is 87.3 Å². The third kappa shape index (κ3) is 12.5. The molecule has 0 bridgehead atoms. The molecule has 1 aromatic rings. The number of anilines is 1. The number of hydrogen-bond acceptors (Lipinski definition) is 11. The molecule has 14 nitrogen and oxygen atoms in total. The zero-order valence-electron chi connectivity index (χ0n) is 22.3. The van der Waals surface area contributed by atoms with Gasteiger partial charge in [-0.05, 0) is 40.7 Å². The summed E-state index contributed by atoms with van der Waals surface area (Å²) in [5.41, 5.74) is 3.17. The predicted octanol–water partition coefficient (Wildman–Crippen LogP) is -0.838. The van der Waals surface area contributed by atoms with Crippen LogP contribution in [0.4, 0.5) is 10.2 Å². The topological polar surface area (TPSA) is 215 Å². The molecule has 4 unspecified atom stereocenters. The second-order valence-electron chi connectivity index (χ2n) is 9.02. The number of nitrogens with zero attached hydrogens (tertiary/aromatic N) is 2. The lowest BCUT2D eigenvalue weighted by Crippen LogP contribution is -2.36. The molecule has 2 heterocycles. The quantitative estimate of drug-likeness (QED) is 0.156. The number of amides is 2. The molecule has 0 aromatic carbocycles. The maximum atomic E-state index is 14.3. The summed E-state index contributed by atoms with van der Waals surface area (Å²) in [6, 6.07) is 0. The number of rotatable bonds is 10. The van der Waals surface area contributed by atoms with Crippen molar-refractivity contribution in [3.8, 4) is 0 Å². The standard InChI is InChI=1S/C17H25FN4O7.C5H10O2.CH5N/c1-9(24)19-6-4-2-3-5-12(25)20-15-10(18)7-22(17(28)21-15)16-14(27)13(26)11(8-23)29-16;1-5(2,3)7-4-6;1-2/h7,11,13-14,16,23,26-27H,2-6,8H2,1H3,(H,19,24)(H,20,21,25,28);4H,1-3H3;2H2,1H3. The van der Waals surface area contributed by atoms with Gasteiger partial charge in [0.25, 0.3) is 6.47 Å². The molecule has 0 saturated carbocycles. The van der Waals surface area contributed by atoms with Crippen molar-refractivity contribution in [2.75, 3.05) is 25.5 Å². The monoisotopic (exact) mass is 549 g/mol. The molecule has 1 aliphatic heterocycles. The molecule has 7 N–H and O–H groups in total. The van der Waals surface area contributed by atoms with E-state index in [0.29, 0.717) is 43.0 Å². The van der Waals surface area contributed by atoms with E-state index in [1.54, 1.807) is 0 Å². The smallest absolute Gasteiger partial charge is 0.351 e. The van der Waals surface area contributed by atoms with Gasteiger partial charge in [0.15, 0.2) is 17.9 Å². The fourth-order valence-corrected chi connectivity index (χ4v) is 3.02. The summed E-state index contributed by atoms with van der Waals surface area (Å²) in [6.07, 6.45) is -2.91. The van der Waals surface area contributed by atoms with Gasteiger partial charge in [0, 0.05) is 19.9 Å². The number of aromatic nitrogens is 2. The molecule has 1 fully saturated rings. The van der Waals surface area contributed by atoms with Crippen LogP contribution in [0.5, 0.6) is 0 Å². The molecular formula is C23H40FN5O9. The van der Waals surface area contributed by atoms with Crippen LogP contribution in [0.25, 0.3) is 0 Å². The molecule has 38 heavy (non-hydrogen) atoms. The van der Waals surface area contributed by atoms with Gasteiger partial charge in [0.1, 0.15) is 23.9 Å². The van der Waals surface area contributed by atoms with Gasteiger partial charge in [-0.2, -0.15) is 4.98 Å². The van der Waals surface area contributed by atoms with Gasteiger partial charge in [-0.3, -0.25) is 19.0 Å². The van der Waals surface area contributed by atoms with E-state index < -0.39 is 54.4 Å². The zero-order valence-corrected chi connectivity index (χ0v) is 22.3. The third-order valence-corrected chi connectivity index (χ3v) is 4.81. The summed E-state index contributed by atoms with van der Waals surface area (Å²) < 4.78 is 24.7. The Hall–Kier alpha value is -2.98. The first-order chi connectivity index (χ1) is 17.8. The molecule has 4 atom stereocenters. The van der Waals surface area contributed by atoms with Crippen molar-refractivity contribution in [1.82, 2.24) is 14.9 Å². The van der Waals surface area contributed by atoms with Crippen LogP contribution in [0.2, 0.25) is 0 Å². The van der Waals surface area contributed by atoms with Crippen molar-refractivity contribution >= 4 is 24.1 Å². The Morgan fingerprint density at radius 3 is 2.34 bits per heavy atom. The van der Waals surface area contributed by atoms with Crippen molar-refractivity contribution in [2.45, 2.75) is 83.5 Å². The third-order valence-electron chi connectivity index (χ3n) is 4.81. The Morgan fingerprint density at radius 1 is 1.24 bits per heavy atom. The maximum absolute atomic E-state index is 14.3. The fourth-order valence-electron chi connectivity index (χ4n) is 3.02. The second kappa shape index (κ2) is 17.5. The SMILES string of the molecule is CC(=O)NCCCCCC(=O)Nc1nc(=O)n(C2OC(CO)C(O)C2O)cc1F.CC(C)(C)OC=O.CN. The van der Waals surface area contributed by atoms with Gasteiger partial charge in [-0.25, -0.2) is 9.18 Å². The molecule has 1 aromatic heterocycles. The summed E-state index contributed by atoms with van der Waals surface area (Å²) in [5.74, 6) is -2.24. The fraction of sp³-hybridized carbons (Fsp3) is 0.696. The van der Waals surface area contributed by atoms with Crippen LogP contribution in [-0.2, 0) is 23.9 Å². The van der Waals surface area contributed by atoms with E-state index in [0.717, 1.165) is 0 Å². The van der Waals surface area contributed by atoms with Gasteiger partial charge >= 0.3 is 5.69 Å². The number of ether oxygens (including phenoxy) is 2. The highest BCUT2D eigenvalue weighted by Crippen LogP contribution is 2.28. The molecule has 2 rings (SSSR count). The Morgan fingerprint density at radius 2 is 1.87 bits per heavy atom. The highest BCUT2D eigenvalue weighted by atomic mass is 19.1. The van der Waals surface area contributed by atoms with Crippen LogP contribution in [0, 0.1) is 5.82 Å². The van der Waals surface area contributed by atoms with E-state index in [1.807, 2.05) is 20.8 Å². The highest BCUT2D eigenvalue weighted by molar-refractivity contribution is 5.89. The first kappa shape index (κ1) is 35.0. The largest absolute Gasteiger partial charge is 0.462 e. The maximum Gasteiger partial charge on any atom is 0.351 e. The molecule has 1 aliphatic rings. The predicted molar refractivity (Wildman–Crippen MR) is 134 cm³/mol. The summed E-state index contributed by atoms with van der Waals surface area (Å²) in [4.78, 5) is 47.9. The molecule has 15 heteroatoms. The van der Waals surface area contributed by atoms with Crippen molar-refractivity contribution in [2.24, 2.45) is 5.73 Å². The lowest BCUT2D eigenvalue weighted by molar-refractivity contribution is -0.138. The first-order valence-electron chi connectivity index (χ1n) is 11.9. The van der Waals surface area contributed by atoms with E-state index in [4.69, 9.17) is 9.84 Å². The van der Waals surface area contributed by atoms with E-state index in [2.05, 4.69) is 26.1 Å². The number of hydrogen-bond donors (Lipinski definition) is 6. The van der Waals surface area contributed by atoms with Crippen LogP contribution in [0.3, 0.4) is 0 Å². The van der Waals surface area contributed by atoms with Crippen molar-refractivity contribution < 1.29 is 43.6 Å². The Bertz CT molecular complexity index is 939. The second-order valence-corrected chi connectivity index (χ2v) is 9.02. The van der Waals surface area contributed by atoms with Gasteiger partial charge in [0.2, 0.25) is 11.8 Å². The average Bonchev–Trinajstić information content (AvgIpc) is 3.12. The van der Waals surface area contributed by atoms with Crippen LogP contribution in [0.15, 0.2) is 11.0 Å². The van der Waals surface area contributed by atoms with Gasteiger partial charge in [-0.15, -0.1) is 0 Å². The minimum Gasteiger partial charge on any atom is -0.462 e. The van der Waals surface area contributed by atoms with Crippen LogP contribution >= 0.6 is 0 Å². The zero-order chi connectivity index (χ0) is 29.5. The van der Waals surface area contributed by atoms with Gasteiger partial charge in [-0.1, -0.05) is 6.42 Å². The molecule has 0 aliphatic carbocycles. The molecule has 0 spiro atoms. The number of unbranched alkanes of at least 4 members (excludes halogenated alkanes) is 2. The average molecular weight is 550 g/mol. The van der Waals surface area contributed by atoms with Crippen molar-refractivity contribution in [1.29, 1.82) is 0 Å².